The molecule has 2 rings (SSSR count). The van der Waals surface area contributed by atoms with E-state index in [1.165, 1.54) is 6.07 Å². The molecule has 1 aromatic rings. The van der Waals surface area contributed by atoms with Crippen LogP contribution in [0.15, 0.2) is 23.1 Å². The fraction of sp³-hybridized carbons (Fsp3) is 0.333. The summed E-state index contributed by atoms with van der Waals surface area (Å²) in [5, 5.41) is 3.10. The third kappa shape index (κ3) is 2.73. The fourth-order valence-corrected chi connectivity index (χ4v) is 2.49. The van der Waals surface area contributed by atoms with Gasteiger partial charge in [-0.3, -0.25) is 4.55 Å². The zero-order chi connectivity index (χ0) is 10.2. The van der Waals surface area contributed by atoms with Gasteiger partial charge in [-0.2, -0.15) is 8.42 Å². The van der Waals surface area contributed by atoms with E-state index < -0.39 is 10.1 Å². The second-order valence-electron chi connectivity index (χ2n) is 3.29. The molecular formula is C9H12NNaO3S. The Labute approximate surface area is 111 Å². The van der Waals surface area contributed by atoms with Crippen LogP contribution in [-0.2, 0) is 16.5 Å². The van der Waals surface area contributed by atoms with E-state index >= 15 is 0 Å². The Morgan fingerprint density at radius 3 is 2.73 bits per heavy atom. The van der Waals surface area contributed by atoms with Crippen molar-refractivity contribution in [1.82, 2.24) is 0 Å². The summed E-state index contributed by atoms with van der Waals surface area (Å²) in [6.45, 7) is 0.849. The third-order valence-corrected chi connectivity index (χ3v) is 3.27. The average Bonchev–Trinajstić information content (AvgIpc) is 2.15. The summed E-state index contributed by atoms with van der Waals surface area (Å²) in [5.41, 5.74) is 1.51. The van der Waals surface area contributed by atoms with E-state index in [1.807, 2.05) is 6.07 Å². The van der Waals surface area contributed by atoms with Crippen LogP contribution in [0.2, 0.25) is 0 Å². The van der Waals surface area contributed by atoms with Gasteiger partial charge in [-0.15, -0.1) is 0 Å². The number of hydrogen-bond acceptors (Lipinski definition) is 3. The molecule has 0 saturated heterocycles. The van der Waals surface area contributed by atoms with Crippen molar-refractivity contribution >= 4 is 45.4 Å². The van der Waals surface area contributed by atoms with Gasteiger partial charge in [-0.1, -0.05) is 6.07 Å². The van der Waals surface area contributed by atoms with Crippen LogP contribution >= 0.6 is 0 Å². The first-order chi connectivity index (χ1) is 6.59. The van der Waals surface area contributed by atoms with E-state index in [4.69, 9.17) is 4.55 Å². The Morgan fingerprint density at radius 1 is 1.33 bits per heavy atom. The van der Waals surface area contributed by atoms with Gasteiger partial charge in [0.15, 0.2) is 0 Å². The monoisotopic (exact) mass is 237 g/mol. The number of benzene rings is 1. The van der Waals surface area contributed by atoms with Gasteiger partial charge in [0.25, 0.3) is 10.1 Å². The molecule has 15 heavy (non-hydrogen) atoms. The van der Waals surface area contributed by atoms with E-state index in [-0.39, 0.29) is 34.5 Å². The maximum atomic E-state index is 11.0. The fourth-order valence-electron chi connectivity index (χ4n) is 1.72. The van der Waals surface area contributed by atoms with E-state index in [0.717, 1.165) is 18.7 Å². The number of fused-ring (bicyclic) bond motifs is 1. The van der Waals surface area contributed by atoms with Gasteiger partial charge >= 0.3 is 29.6 Å². The predicted molar refractivity (Wildman–Crippen MR) is 60.2 cm³/mol. The molecule has 0 atom stereocenters. The molecule has 0 amide bonds. The summed E-state index contributed by atoms with van der Waals surface area (Å²) in [6.07, 6.45) is 1.58. The predicted octanol–water partition coefficient (Wildman–Crippen LogP) is 0.643. The van der Waals surface area contributed by atoms with Crippen molar-refractivity contribution in [3.05, 3.63) is 23.8 Å². The second kappa shape index (κ2) is 4.84. The van der Waals surface area contributed by atoms with Crippen LogP contribution in [0.1, 0.15) is 12.0 Å². The van der Waals surface area contributed by atoms with Crippen molar-refractivity contribution in [2.24, 2.45) is 0 Å². The SMILES string of the molecule is O=S(=O)(O)c1cccc2c1CCCN2.[NaH]. The van der Waals surface area contributed by atoms with Crippen molar-refractivity contribution in [2.45, 2.75) is 17.7 Å². The van der Waals surface area contributed by atoms with Gasteiger partial charge in [0.05, 0.1) is 4.90 Å². The molecule has 0 bridgehead atoms. The maximum absolute atomic E-state index is 11.0. The van der Waals surface area contributed by atoms with E-state index in [0.29, 0.717) is 12.0 Å². The van der Waals surface area contributed by atoms with Crippen molar-refractivity contribution in [2.75, 3.05) is 11.9 Å². The minimum absolute atomic E-state index is 0. The number of hydrogen-bond donors (Lipinski definition) is 2. The quantitative estimate of drug-likeness (QED) is 0.555. The van der Waals surface area contributed by atoms with Crippen molar-refractivity contribution in [3.8, 4) is 0 Å². The molecule has 0 saturated carbocycles. The van der Waals surface area contributed by atoms with Gasteiger partial charge in [-0.05, 0) is 30.5 Å². The van der Waals surface area contributed by atoms with Crippen LogP contribution in [0.25, 0.3) is 0 Å². The first-order valence-corrected chi connectivity index (χ1v) is 5.86. The Hall–Kier alpha value is -0.0700. The molecule has 4 nitrogen and oxygen atoms in total. The van der Waals surface area contributed by atoms with E-state index in [2.05, 4.69) is 5.32 Å². The first-order valence-electron chi connectivity index (χ1n) is 4.42. The standard InChI is InChI=1S/C9H11NO3S.Na.H/c11-14(12,13)9-5-1-4-8-7(9)3-2-6-10-8;;/h1,4-5,10H,2-3,6H2,(H,11,12,13);;. The number of rotatable bonds is 1. The molecule has 0 aliphatic carbocycles. The summed E-state index contributed by atoms with van der Waals surface area (Å²) in [6, 6.07) is 4.88. The molecular weight excluding hydrogens is 225 g/mol. The summed E-state index contributed by atoms with van der Waals surface area (Å²) in [5.74, 6) is 0. The summed E-state index contributed by atoms with van der Waals surface area (Å²) >= 11 is 0. The molecule has 1 aliphatic rings. The molecule has 0 radical (unpaired) electrons. The van der Waals surface area contributed by atoms with Crippen LogP contribution in [0.4, 0.5) is 5.69 Å². The van der Waals surface area contributed by atoms with Crippen LogP contribution in [0.3, 0.4) is 0 Å². The van der Waals surface area contributed by atoms with Gasteiger partial charge in [0.2, 0.25) is 0 Å². The van der Waals surface area contributed by atoms with Crippen LogP contribution in [-0.4, -0.2) is 49.1 Å². The molecule has 78 valence electrons. The Kier molecular flexibility index (Phi) is 4.20. The second-order valence-corrected chi connectivity index (χ2v) is 4.68. The van der Waals surface area contributed by atoms with Gasteiger partial charge in [-0.25, -0.2) is 0 Å². The van der Waals surface area contributed by atoms with Crippen LogP contribution in [0, 0.1) is 0 Å². The molecule has 0 unspecified atom stereocenters. The molecule has 0 spiro atoms. The topological polar surface area (TPSA) is 66.4 Å². The third-order valence-electron chi connectivity index (χ3n) is 2.33. The first kappa shape index (κ1) is 13.0. The molecule has 2 N–H and O–H groups in total. The summed E-state index contributed by atoms with van der Waals surface area (Å²) in [4.78, 5) is 0.0298. The zero-order valence-corrected chi connectivity index (χ0v) is 8.34. The zero-order valence-electron chi connectivity index (χ0n) is 7.53. The average molecular weight is 237 g/mol. The van der Waals surface area contributed by atoms with Gasteiger partial charge in [0, 0.05) is 12.2 Å². The Morgan fingerprint density at radius 2 is 2.07 bits per heavy atom. The number of anilines is 1. The van der Waals surface area contributed by atoms with E-state index in [1.54, 1.807) is 6.07 Å². The molecule has 0 aromatic heterocycles. The van der Waals surface area contributed by atoms with Gasteiger partial charge < -0.3 is 5.32 Å². The van der Waals surface area contributed by atoms with Crippen LogP contribution in [0.5, 0.6) is 0 Å². The van der Waals surface area contributed by atoms with Crippen molar-refractivity contribution in [3.63, 3.8) is 0 Å². The molecule has 1 aromatic carbocycles. The molecule has 6 heteroatoms. The van der Waals surface area contributed by atoms with Crippen LogP contribution < -0.4 is 5.32 Å². The minimum atomic E-state index is -4.08. The molecule has 0 fully saturated rings. The molecule has 1 heterocycles. The molecule has 1 aliphatic heterocycles. The van der Waals surface area contributed by atoms with E-state index in [9.17, 15) is 8.42 Å². The Bertz CT molecular complexity index is 458. The normalized spacial score (nSPS) is 14.7. The van der Waals surface area contributed by atoms with Crippen molar-refractivity contribution < 1.29 is 13.0 Å². The summed E-state index contributed by atoms with van der Waals surface area (Å²) < 4.78 is 31.1. The summed E-state index contributed by atoms with van der Waals surface area (Å²) in [7, 11) is -4.08. The van der Waals surface area contributed by atoms with Gasteiger partial charge in [0.1, 0.15) is 0 Å². The Balaban J connectivity index is 0.00000112. The van der Waals surface area contributed by atoms with Crippen molar-refractivity contribution in [1.29, 1.82) is 0 Å². The number of nitrogens with one attached hydrogen (secondary N) is 1.